The van der Waals surface area contributed by atoms with Crippen LogP contribution in [0.1, 0.15) is 32.1 Å². The van der Waals surface area contributed by atoms with E-state index in [0.717, 1.165) is 31.7 Å². The second-order valence-corrected chi connectivity index (χ2v) is 6.67. The first-order chi connectivity index (χ1) is 9.83. The van der Waals surface area contributed by atoms with E-state index in [9.17, 15) is 4.79 Å². The second kappa shape index (κ2) is 6.49. The Morgan fingerprint density at radius 2 is 1.65 bits per heavy atom. The maximum Gasteiger partial charge on any atom is 0.223 e. The Balaban J connectivity index is 1.40. The van der Waals surface area contributed by atoms with Crippen molar-refractivity contribution in [1.29, 1.82) is 0 Å². The van der Waals surface area contributed by atoms with Gasteiger partial charge in [-0.05, 0) is 37.8 Å². The average Bonchev–Trinajstić information content (AvgIpc) is 3.33. The molecule has 1 saturated heterocycles. The van der Waals surface area contributed by atoms with Crippen molar-refractivity contribution in [2.75, 3.05) is 18.8 Å². The Hall–Kier alpha value is -1.22. The van der Waals surface area contributed by atoms with Crippen LogP contribution < -0.4 is 0 Å². The first-order valence-corrected chi connectivity index (χ1v) is 8.47. The minimum Gasteiger partial charge on any atom is -0.342 e. The van der Waals surface area contributed by atoms with Crippen molar-refractivity contribution in [3.8, 4) is 0 Å². The number of hydrogen-bond acceptors (Lipinski definition) is 2. The third-order valence-corrected chi connectivity index (χ3v) is 5.06. The van der Waals surface area contributed by atoms with Crippen LogP contribution in [0.4, 0.5) is 0 Å². The van der Waals surface area contributed by atoms with Gasteiger partial charge in [-0.1, -0.05) is 29.3 Å². The Kier molecular flexibility index (Phi) is 4.46. The molecule has 1 amide bonds. The molecular weight excluding hydrogens is 266 g/mol. The molecule has 0 N–H and O–H groups in total. The van der Waals surface area contributed by atoms with E-state index >= 15 is 0 Å². The van der Waals surface area contributed by atoms with Gasteiger partial charge in [0.15, 0.2) is 0 Å². The predicted octanol–water partition coefficient (Wildman–Crippen LogP) is 3.88. The van der Waals surface area contributed by atoms with E-state index in [4.69, 9.17) is 0 Å². The summed E-state index contributed by atoms with van der Waals surface area (Å²) >= 11 is 1.77. The number of piperidine rings is 1. The molecule has 106 valence electrons. The minimum atomic E-state index is 0.327. The summed E-state index contributed by atoms with van der Waals surface area (Å²) < 4.78 is 0. The molecule has 1 heterocycles. The topological polar surface area (TPSA) is 20.3 Å². The summed E-state index contributed by atoms with van der Waals surface area (Å²) in [6, 6.07) is 10.3. The summed E-state index contributed by atoms with van der Waals surface area (Å²) in [5.74, 6) is 1.21. The number of allylic oxidation sites excluding steroid dienone is 1. The maximum absolute atomic E-state index is 12.2. The second-order valence-electron chi connectivity index (χ2n) is 5.50. The van der Waals surface area contributed by atoms with Crippen LogP contribution in [-0.4, -0.2) is 29.6 Å². The highest BCUT2D eigenvalue weighted by molar-refractivity contribution is 7.99. The van der Waals surface area contributed by atoms with E-state index in [2.05, 4.69) is 17.0 Å². The summed E-state index contributed by atoms with van der Waals surface area (Å²) in [7, 11) is 0. The van der Waals surface area contributed by atoms with Gasteiger partial charge in [-0.25, -0.2) is 0 Å². The van der Waals surface area contributed by atoms with Crippen molar-refractivity contribution in [3.05, 3.63) is 41.5 Å². The van der Waals surface area contributed by atoms with Crippen LogP contribution in [0.2, 0.25) is 0 Å². The highest BCUT2D eigenvalue weighted by Crippen LogP contribution is 2.36. The molecule has 1 aromatic rings. The quantitative estimate of drug-likeness (QED) is 0.618. The normalized spacial score (nSPS) is 18.3. The number of nitrogens with zero attached hydrogens (tertiary/aromatic N) is 1. The highest BCUT2D eigenvalue weighted by Gasteiger charge is 2.23. The molecule has 1 aliphatic carbocycles. The van der Waals surface area contributed by atoms with Crippen molar-refractivity contribution in [2.24, 2.45) is 0 Å². The van der Waals surface area contributed by atoms with Crippen molar-refractivity contribution in [1.82, 2.24) is 4.90 Å². The highest BCUT2D eigenvalue weighted by atomic mass is 32.2. The third-order valence-electron chi connectivity index (χ3n) is 4.05. The number of carbonyl (C=O) groups excluding carboxylic acids is 1. The first kappa shape index (κ1) is 13.7. The van der Waals surface area contributed by atoms with Gasteiger partial charge in [-0.15, -0.1) is 11.8 Å². The van der Waals surface area contributed by atoms with Gasteiger partial charge in [-0.3, -0.25) is 4.79 Å². The largest absolute Gasteiger partial charge is 0.342 e. The monoisotopic (exact) mass is 287 g/mol. The SMILES string of the molecule is O=C(CCSc1ccccc1)N1CCC(=C2CC2)CC1. The molecule has 1 aromatic carbocycles. The summed E-state index contributed by atoms with van der Waals surface area (Å²) in [5.41, 5.74) is 3.32. The summed E-state index contributed by atoms with van der Waals surface area (Å²) in [4.78, 5) is 15.5. The zero-order valence-electron chi connectivity index (χ0n) is 11.8. The molecule has 3 heteroatoms. The fourth-order valence-corrected chi connectivity index (χ4v) is 3.59. The van der Waals surface area contributed by atoms with Crippen LogP contribution in [0.3, 0.4) is 0 Å². The standard InChI is InChI=1S/C17H21NOS/c19-17(10-13-20-16-4-2-1-3-5-16)18-11-8-15(9-12-18)14-6-7-14/h1-5H,6-13H2. The first-order valence-electron chi connectivity index (χ1n) is 7.48. The minimum absolute atomic E-state index is 0.327. The Morgan fingerprint density at radius 3 is 2.30 bits per heavy atom. The third kappa shape index (κ3) is 3.66. The number of thioether (sulfide) groups is 1. The predicted molar refractivity (Wildman–Crippen MR) is 83.9 cm³/mol. The van der Waals surface area contributed by atoms with E-state index < -0.39 is 0 Å². The molecule has 1 saturated carbocycles. The van der Waals surface area contributed by atoms with Crippen molar-refractivity contribution in [2.45, 2.75) is 37.0 Å². The fourth-order valence-electron chi connectivity index (χ4n) is 2.73. The molecule has 2 aliphatic rings. The summed E-state index contributed by atoms with van der Waals surface area (Å²) in [6.07, 6.45) is 5.53. The zero-order chi connectivity index (χ0) is 13.8. The molecule has 0 spiro atoms. The van der Waals surface area contributed by atoms with E-state index in [-0.39, 0.29) is 0 Å². The van der Waals surface area contributed by atoms with Crippen molar-refractivity contribution in [3.63, 3.8) is 0 Å². The molecule has 0 atom stereocenters. The molecule has 20 heavy (non-hydrogen) atoms. The maximum atomic E-state index is 12.2. The van der Waals surface area contributed by atoms with Crippen LogP contribution in [0.25, 0.3) is 0 Å². The van der Waals surface area contributed by atoms with Crippen LogP contribution in [0.5, 0.6) is 0 Å². The summed E-state index contributed by atoms with van der Waals surface area (Å²) in [6.45, 7) is 1.88. The average molecular weight is 287 g/mol. The molecule has 0 radical (unpaired) electrons. The van der Waals surface area contributed by atoms with Gasteiger partial charge < -0.3 is 4.90 Å². The van der Waals surface area contributed by atoms with E-state index in [1.807, 2.05) is 18.2 Å². The van der Waals surface area contributed by atoms with Crippen LogP contribution in [0, 0.1) is 0 Å². The van der Waals surface area contributed by atoms with Crippen molar-refractivity contribution >= 4 is 17.7 Å². The fraction of sp³-hybridized carbons (Fsp3) is 0.471. The molecule has 0 aromatic heterocycles. The van der Waals surface area contributed by atoms with Gasteiger partial charge in [0.05, 0.1) is 0 Å². The molecule has 0 unspecified atom stereocenters. The molecule has 2 nitrogen and oxygen atoms in total. The van der Waals surface area contributed by atoms with Gasteiger partial charge in [0.1, 0.15) is 0 Å². The lowest BCUT2D eigenvalue weighted by molar-refractivity contribution is -0.131. The molecule has 2 fully saturated rings. The van der Waals surface area contributed by atoms with Gasteiger partial charge in [0, 0.05) is 30.2 Å². The van der Waals surface area contributed by atoms with Crippen LogP contribution in [-0.2, 0) is 4.79 Å². The number of likely N-dealkylation sites (tertiary alicyclic amines) is 1. The molecule has 1 aliphatic heterocycles. The molecule has 3 rings (SSSR count). The molecular formula is C17H21NOS. The zero-order valence-corrected chi connectivity index (χ0v) is 12.6. The van der Waals surface area contributed by atoms with E-state index in [0.29, 0.717) is 12.3 Å². The lowest BCUT2D eigenvalue weighted by Gasteiger charge is -2.28. The lowest BCUT2D eigenvalue weighted by Crippen LogP contribution is -2.36. The summed E-state index contributed by atoms with van der Waals surface area (Å²) in [5, 5.41) is 0. The van der Waals surface area contributed by atoms with Gasteiger partial charge in [0.2, 0.25) is 5.91 Å². The van der Waals surface area contributed by atoms with Gasteiger partial charge >= 0.3 is 0 Å². The Bertz CT molecular complexity index is 493. The number of rotatable bonds is 4. The van der Waals surface area contributed by atoms with E-state index in [1.165, 1.54) is 17.7 Å². The smallest absolute Gasteiger partial charge is 0.223 e. The van der Waals surface area contributed by atoms with Crippen LogP contribution in [0.15, 0.2) is 46.4 Å². The Labute approximate surface area is 125 Å². The Morgan fingerprint density at radius 1 is 1.00 bits per heavy atom. The molecule has 0 bridgehead atoms. The van der Waals surface area contributed by atoms with E-state index in [1.54, 1.807) is 22.9 Å². The number of benzene rings is 1. The van der Waals surface area contributed by atoms with Gasteiger partial charge in [0.25, 0.3) is 0 Å². The number of amides is 1. The number of carbonyl (C=O) groups is 1. The van der Waals surface area contributed by atoms with Gasteiger partial charge in [-0.2, -0.15) is 0 Å². The lowest BCUT2D eigenvalue weighted by atomic mass is 10.0. The number of hydrogen-bond donors (Lipinski definition) is 0. The van der Waals surface area contributed by atoms with Crippen molar-refractivity contribution < 1.29 is 4.79 Å². The van der Waals surface area contributed by atoms with Crippen LogP contribution >= 0.6 is 11.8 Å².